The van der Waals surface area contributed by atoms with Crippen molar-refractivity contribution in [3.05, 3.63) is 0 Å². The fourth-order valence-corrected chi connectivity index (χ4v) is 8.45. The lowest BCUT2D eigenvalue weighted by Crippen LogP contribution is -2.65. The maximum absolute atomic E-state index is 12.7. The number of hydrogen-bond donors (Lipinski definition) is 4. The minimum atomic E-state index is -3.83. The Kier molecular flexibility index (Phi) is 5.53. The van der Waals surface area contributed by atoms with Crippen LogP contribution in [0, 0.1) is 23.2 Å². The highest BCUT2D eigenvalue weighted by molar-refractivity contribution is 7.87. The van der Waals surface area contributed by atoms with Gasteiger partial charge in [0.1, 0.15) is 5.54 Å². The van der Waals surface area contributed by atoms with E-state index in [2.05, 4.69) is 25.5 Å². The van der Waals surface area contributed by atoms with Crippen LogP contribution in [0.3, 0.4) is 0 Å². The number of carboxylic acid groups (broad SMARTS) is 1. The van der Waals surface area contributed by atoms with Gasteiger partial charge in [0.25, 0.3) is 10.2 Å². The van der Waals surface area contributed by atoms with Crippen molar-refractivity contribution < 1.29 is 27.6 Å². The van der Waals surface area contributed by atoms with Gasteiger partial charge in [-0.2, -0.15) is 17.4 Å². The lowest BCUT2D eigenvalue weighted by atomic mass is 9.43. The molecule has 33 heavy (non-hydrogen) atoms. The molecular weight excluding hydrogens is 447 g/mol. The molecule has 6 N–H and O–H groups in total. The number of nitrogens with zero attached hydrogens (tertiary/aromatic N) is 1. The average molecular weight is 484 g/mol. The number of nitrogens with two attached hydrogens (primary N) is 2. The Balaban J connectivity index is 1.18. The maximum atomic E-state index is 12.7. The molecule has 0 radical (unpaired) electrons. The van der Waals surface area contributed by atoms with Gasteiger partial charge in [-0.3, -0.25) is 4.79 Å². The first-order valence-corrected chi connectivity index (χ1v) is 13.6. The third-order valence-corrected chi connectivity index (χ3v) is 11.0. The van der Waals surface area contributed by atoms with E-state index in [1.807, 2.05) is 0 Å². The van der Waals surface area contributed by atoms with Crippen LogP contribution in [-0.4, -0.2) is 73.3 Å². The van der Waals surface area contributed by atoms with E-state index in [-0.39, 0.29) is 49.4 Å². The van der Waals surface area contributed by atoms with Gasteiger partial charge in [0.15, 0.2) is 0 Å². The van der Waals surface area contributed by atoms with Crippen LogP contribution in [0.1, 0.15) is 52.9 Å². The van der Waals surface area contributed by atoms with Crippen LogP contribution in [0.15, 0.2) is 0 Å². The molecule has 2 aliphatic heterocycles. The summed E-state index contributed by atoms with van der Waals surface area (Å²) in [6, 6.07) is -0.475. The van der Waals surface area contributed by atoms with Gasteiger partial charge in [0.05, 0.1) is 11.7 Å². The van der Waals surface area contributed by atoms with Gasteiger partial charge in [0, 0.05) is 31.1 Å². The highest BCUT2D eigenvalue weighted by Gasteiger charge is 2.67. The Morgan fingerprint density at radius 1 is 1.27 bits per heavy atom. The Morgan fingerprint density at radius 2 is 1.97 bits per heavy atom. The standard InChI is InChI=1S/C21H37BN4O6S/c1-19(2)13-7-16(19)20(3)17(8-13)31-22(32-20)6-4-5-12-10-26(11-21(12,24)18(27)28)33(29,30)25-15-9-14(15)23/h12-17,25H,4-11,23-24H2,1-3H3,(H,27,28)/t12-,13+,14-,15-,16+,17-,20+,21-/m0/s1. The molecule has 8 atom stereocenters. The van der Waals surface area contributed by atoms with Crippen molar-refractivity contribution in [3.8, 4) is 0 Å². The molecule has 186 valence electrons. The van der Waals surface area contributed by atoms with Crippen molar-refractivity contribution in [1.29, 1.82) is 0 Å². The Bertz CT molecular complexity index is 936. The van der Waals surface area contributed by atoms with Gasteiger partial charge < -0.3 is 25.9 Å². The summed E-state index contributed by atoms with van der Waals surface area (Å²) in [5, 5.41) is 9.79. The molecular formula is C21H37BN4O6S. The molecule has 0 spiro atoms. The molecule has 10 nitrogen and oxygen atoms in total. The minimum absolute atomic E-state index is 0.0742. The van der Waals surface area contributed by atoms with E-state index in [1.54, 1.807) is 0 Å². The quantitative estimate of drug-likeness (QED) is 0.355. The second-order valence-corrected chi connectivity index (χ2v) is 13.5. The van der Waals surface area contributed by atoms with Crippen molar-refractivity contribution in [2.24, 2.45) is 34.6 Å². The number of aliphatic carboxylic acids is 1. The Morgan fingerprint density at radius 3 is 2.58 bits per heavy atom. The zero-order valence-corrected chi connectivity index (χ0v) is 20.5. The van der Waals surface area contributed by atoms with E-state index in [0.717, 1.165) is 10.7 Å². The lowest BCUT2D eigenvalue weighted by Gasteiger charge is -2.64. The third kappa shape index (κ3) is 3.77. The van der Waals surface area contributed by atoms with Crippen LogP contribution in [0.25, 0.3) is 0 Å². The smallest absolute Gasteiger partial charge is 0.457 e. The van der Waals surface area contributed by atoms with Crippen molar-refractivity contribution in [1.82, 2.24) is 9.03 Å². The zero-order valence-electron chi connectivity index (χ0n) is 19.7. The van der Waals surface area contributed by atoms with Crippen LogP contribution >= 0.6 is 0 Å². The van der Waals surface area contributed by atoms with E-state index in [4.69, 9.17) is 20.8 Å². The molecule has 2 saturated heterocycles. The second kappa shape index (κ2) is 7.62. The first-order chi connectivity index (χ1) is 15.3. The highest BCUT2D eigenvalue weighted by Crippen LogP contribution is 2.65. The van der Waals surface area contributed by atoms with E-state index < -0.39 is 27.6 Å². The highest BCUT2D eigenvalue weighted by atomic mass is 32.2. The van der Waals surface area contributed by atoms with Gasteiger partial charge in [-0.15, -0.1) is 0 Å². The maximum Gasteiger partial charge on any atom is 0.457 e. The minimum Gasteiger partial charge on any atom is -0.480 e. The second-order valence-electron chi connectivity index (χ2n) is 11.8. The third-order valence-electron chi connectivity index (χ3n) is 9.46. The lowest BCUT2D eigenvalue weighted by molar-refractivity contribution is -0.199. The largest absolute Gasteiger partial charge is 0.480 e. The topological polar surface area (TPSA) is 157 Å². The summed E-state index contributed by atoms with van der Waals surface area (Å²) < 4.78 is 41.8. The van der Waals surface area contributed by atoms with Crippen LogP contribution in [0.4, 0.5) is 0 Å². The van der Waals surface area contributed by atoms with E-state index in [9.17, 15) is 18.3 Å². The molecule has 6 fully saturated rings. The summed E-state index contributed by atoms with van der Waals surface area (Å²) in [5.74, 6) is -0.502. The van der Waals surface area contributed by atoms with E-state index >= 15 is 0 Å². The van der Waals surface area contributed by atoms with Gasteiger partial charge in [0.2, 0.25) is 0 Å². The molecule has 6 aliphatic rings. The molecule has 0 aromatic rings. The molecule has 0 unspecified atom stereocenters. The summed E-state index contributed by atoms with van der Waals surface area (Å²) in [6.07, 6.45) is 4.68. The number of nitrogens with one attached hydrogen (secondary N) is 1. The number of carbonyl (C=O) groups is 1. The van der Waals surface area contributed by atoms with Gasteiger partial charge in [-0.05, 0) is 56.2 Å². The fourth-order valence-electron chi connectivity index (χ4n) is 6.89. The van der Waals surface area contributed by atoms with Crippen LogP contribution in [0.5, 0.6) is 0 Å². The normalized spacial score (nSPS) is 46.2. The predicted molar refractivity (Wildman–Crippen MR) is 122 cm³/mol. The summed E-state index contributed by atoms with van der Waals surface area (Å²) in [5.41, 5.74) is 10.4. The molecule has 4 saturated carbocycles. The van der Waals surface area contributed by atoms with Crippen LogP contribution in [-0.2, 0) is 24.3 Å². The Labute approximate surface area is 196 Å². The monoisotopic (exact) mass is 484 g/mol. The molecule has 2 heterocycles. The number of hydrogen-bond acceptors (Lipinski definition) is 7. The fraction of sp³-hybridized carbons (Fsp3) is 0.952. The average Bonchev–Trinajstić information content (AvgIpc) is 3.11. The molecule has 0 aromatic heterocycles. The van der Waals surface area contributed by atoms with Gasteiger partial charge >= 0.3 is 13.1 Å². The van der Waals surface area contributed by atoms with Crippen molar-refractivity contribution in [3.63, 3.8) is 0 Å². The molecule has 6 rings (SSSR count). The Hall–Kier alpha value is -0.755. The SMILES string of the molecule is CC1(C)[C@H]2C[C@@H]3OB(CCC[C@H]4CN(S(=O)(=O)N[C@H]5C[C@@H]5N)C[C@@]4(N)C(=O)O)O[C@]3(C)[C@@H]1C2. The van der Waals surface area contributed by atoms with E-state index in [1.165, 1.54) is 6.42 Å². The zero-order chi connectivity index (χ0) is 24.0. The first kappa shape index (κ1) is 24.0. The molecule has 0 aromatic carbocycles. The van der Waals surface area contributed by atoms with Crippen molar-refractivity contribution >= 4 is 23.3 Å². The van der Waals surface area contributed by atoms with Gasteiger partial charge in [-0.25, -0.2) is 0 Å². The molecule has 0 amide bonds. The summed E-state index contributed by atoms with van der Waals surface area (Å²) >= 11 is 0. The summed E-state index contributed by atoms with van der Waals surface area (Å²) in [4.78, 5) is 12.0. The summed E-state index contributed by atoms with van der Waals surface area (Å²) in [7, 11) is -4.15. The van der Waals surface area contributed by atoms with Gasteiger partial charge in [-0.1, -0.05) is 20.3 Å². The van der Waals surface area contributed by atoms with Crippen molar-refractivity contribution in [2.75, 3.05) is 13.1 Å². The van der Waals surface area contributed by atoms with Crippen molar-refractivity contribution in [2.45, 2.75) is 88.5 Å². The molecule has 12 heteroatoms. The summed E-state index contributed by atoms with van der Waals surface area (Å²) in [6.45, 7) is 6.64. The van der Waals surface area contributed by atoms with E-state index in [0.29, 0.717) is 37.4 Å². The molecule has 4 aliphatic carbocycles. The van der Waals surface area contributed by atoms with Crippen LogP contribution < -0.4 is 16.2 Å². The first-order valence-electron chi connectivity index (χ1n) is 12.2. The molecule has 2 bridgehead atoms. The predicted octanol–water partition coefficient (Wildman–Crippen LogP) is 0.143. The van der Waals surface area contributed by atoms with Crippen LogP contribution in [0.2, 0.25) is 6.32 Å². The number of rotatable bonds is 8. The number of carboxylic acids is 1.